The first kappa shape index (κ1) is 17.3. The topological polar surface area (TPSA) is 104 Å². The summed E-state index contributed by atoms with van der Waals surface area (Å²) in [4.78, 5) is 21.1. The summed E-state index contributed by atoms with van der Waals surface area (Å²) in [6.45, 7) is 8.31. The van der Waals surface area contributed by atoms with Gasteiger partial charge in [0.2, 0.25) is 0 Å². The second-order valence-corrected chi connectivity index (χ2v) is 7.56. The lowest BCUT2D eigenvalue weighted by molar-refractivity contribution is -0.0530. The van der Waals surface area contributed by atoms with Crippen LogP contribution in [0.15, 0.2) is 18.3 Å². The number of fused-ring (bicyclic) bond motifs is 3. The number of pyridine rings is 1. The van der Waals surface area contributed by atoms with Crippen molar-refractivity contribution in [1.82, 2.24) is 24.5 Å². The molecule has 1 saturated heterocycles. The van der Waals surface area contributed by atoms with Crippen molar-refractivity contribution in [3.63, 3.8) is 0 Å². The van der Waals surface area contributed by atoms with Gasteiger partial charge in [-0.2, -0.15) is 0 Å². The Morgan fingerprint density at radius 3 is 2.61 bits per heavy atom. The van der Waals surface area contributed by atoms with Gasteiger partial charge in [-0.1, -0.05) is 0 Å². The molecular formula is C19H23N7O2. The fourth-order valence-electron chi connectivity index (χ4n) is 3.78. The van der Waals surface area contributed by atoms with Crippen molar-refractivity contribution in [2.45, 2.75) is 26.0 Å². The Balaban J connectivity index is 1.75. The zero-order chi connectivity index (χ0) is 19.3. The molecule has 2 aliphatic heterocycles. The molecule has 3 aromatic rings. The van der Waals surface area contributed by atoms with E-state index in [1.165, 1.54) is 0 Å². The Morgan fingerprint density at radius 2 is 1.86 bits per heavy atom. The maximum Gasteiger partial charge on any atom is 0.166 e. The smallest absolute Gasteiger partial charge is 0.166 e. The summed E-state index contributed by atoms with van der Waals surface area (Å²) in [6.07, 6.45) is 1.71. The van der Waals surface area contributed by atoms with Crippen molar-refractivity contribution in [3.05, 3.63) is 24.2 Å². The maximum absolute atomic E-state index is 5.95. The van der Waals surface area contributed by atoms with Crippen LogP contribution in [0, 0.1) is 0 Å². The molecule has 2 N–H and O–H groups in total. The molecule has 5 heterocycles. The molecule has 0 radical (unpaired) electrons. The summed E-state index contributed by atoms with van der Waals surface area (Å²) in [5.41, 5.74) is 7.74. The van der Waals surface area contributed by atoms with E-state index in [4.69, 9.17) is 30.2 Å². The van der Waals surface area contributed by atoms with E-state index in [0.29, 0.717) is 38.0 Å². The molecule has 0 aromatic carbocycles. The lowest BCUT2D eigenvalue weighted by Gasteiger charge is -2.30. The van der Waals surface area contributed by atoms with E-state index in [1.54, 1.807) is 12.3 Å². The van der Waals surface area contributed by atoms with Gasteiger partial charge in [-0.15, -0.1) is 0 Å². The molecule has 2 aliphatic rings. The zero-order valence-corrected chi connectivity index (χ0v) is 16.1. The van der Waals surface area contributed by atoms with E-state index in [2.05, 4.69) is 14.5 Å². The molecule has 3 aromatic heterocycles. The molecular weight excluding hydrogens is 358 g/mol. The number of nitrogen functional groups attached to an aromatic ring is 1. The maximum atomic E-state index is 5.95. The number of rotatable bonds is 2. The molecule has 0 unspecified atom stereocenters. The second-order valence-electron chi connectivity index (χ2n) is 7.56. The van der Waals surface area contributed by atoms with Crippen LogP contribution >= 0.6 is 0 Å². The lowest BCUT2D eigenvalue weighted by atomic mass is 10.1. The van der Waals surface area contributed by atoms with Gasteiger partial charge in [0.15, 0.2) is 22.8 Å². The van der Waals surface area contributed by atoms with E-state index >= 15 is 0 Å². The predicted molar refractivity (Wildman–Crippen MR) is 105 cm³/mol. The summed E-state index contributed by atoms with van der Waals surface area (Å²) in [5, 5.41) is 0. The predicted octanol–water partition coefficient (Wildman–Crippen LogP) is 1.57. The Kier molecular flexibility index (Phi) is 3.95. The lowest BCUT2D eigenvalue weighted by Crippen LogP contribution is -2.37. The average molecular weight is 381 g/mol. The highest BCUT2D eigenvalue weighted by atomic mass is 16.5. The minimum atomic E-state index is -0.468. The third kappa shape index (κ3) is 2.78. The van der Waals surface area contributed by atoms with E-state index < -0.39 is 5.60 Å². The first-order valence-electron chi connectivity index (χ1n) is 9.50. The highest BCUT2D eigenvalue weighted by Crippen LogP contribution is 2.35. The quantitative estimate of drug-likeness (QED) is 0.713. The van der Waals surface area contributed by atoms with Crippen molar-refractivity contribution in [2.24, 2.45) is 0 Å². The molecule has 0 bridgehead atoms. The zero-order valence-electron chi connectivity index (χ0n) is 16.1. The number of nitrogens with zero attached hydrogens (tertiary/aromatic N) is 6. The molecule has 9 heteroatoms. The van der Waals surface area contributed by atoms with Gasteiger partial charge in [-0.25, -0.2) is 19.9 Å². The summed E-state index contributed by atoms with van der Waals surface area (Å²) in [5.74, 6) is 2.80. The van der Waals surface area contributed by atoms with Crippen LogP contribution in [0.4, 0.5) is 11.6 Å². The highest BCUT2D eigenvalue weighted by molar-refractivity contribution is 5.86. The van der Waals surface area contributed by atoms with Gasteiger partial charge in [0.25, 0.3) is 0 Å². The molecule has 0 aliphatic carbocycles. The van der Waals surface area contributed by atoms with E-state index in [-0.39, 0.29) is 0 Å². The van der Waals surface area contributed by atoms with Crippen LogP contribution in [0.5, 0.6) is 0 Å². The largest absolute Gasteiger partial charge is 0.384 e. The van der Waals surface area contributed by atoms with Crippen molar-refractivity contribution in [1.29, 1.82) is 0 Å². The minimum Gasteiger partial charge on any atom is -0.384 e. The van der Waals surface area contributed by atoms with Gasteiger partial charge in [0, 0.05) is 31.4 Å². The molecule has 0 spiro atoms. The number of aromatic nitrogens is 5. The third-order valence-electron chi connectivity index (χ3n) is 5.25. The molecule has 1 fully saturated rings. The fourth-order valence-corrected chi connectivity index (χ4v) is 3.78. The average Bonchev–Trinajstić information content (AvgIpc) is 3.09. The van der Waals surface area contributed by atoms with Crippen LogP contribution in [0.1, 0.15) is 19.7 Å². The Hall–Kier alpha value is -2.78. The second kappa shape index (κ2) is 6.39. The molecule has 0 amide bonds. The van der Waals surface area contributed by atoms with Crippen LogP contribution in [0.25, 0.3) is 22.6 Å². The summed E-state index contributed by atoms with van der Waals surface area (Å²) in [6, 6.07) is 3.66. The SMILES string of the molecule is CC1(C)OCCn2c1nc1c(N3CCOCC3)nc(-c3ccc(N)nc3)nc12. The summed E-state index contributed by atoms with van der Waals surface area (Å²) >= 11 is 0. The van der Waals surface area contributed by atoms with Gasteiger partial charge < -0.3 is 24.7 Å². The van der Waals surface area contributed by atoms with Crippen LogP contribution in [0.3, 0.4) is 0 Å². The fraction of sp³-hybridized carbons (Fsp3) is 0.474. The van der Waals surface area contributed by atoms with Crippen LogP contribution in [-0.4, -0.2) is 57.4 Å². The Bertz CT molecular complexity index is 1020. The van der Waals surface area contributed by atoms with Crippen LogP contribution in [0.2, 0.25) is 0 Å². The Morgan fingerprint density at radius 1 is 1.04 bits per heavy atom. The van der Waals surface area contributed by atoms with Gasteiger partial charge in [0.1, 0.15) is 17.2 Å². The number of nitrogens with two attached hydrogens (primary N) is 1. The normalized spacial score (nSPS) is 19.0. The number of morpholine rings is 1. The van der Waals surface area contributed by atoms with Crippen molar-refractivity contribution in [3.8, 4) is 11.4 Å². The first-order valence-corrected chi connectivity index (χ1v) is 9.50. The number of anilines is 2. The monoisotopic (exact) mass is 381 g/mol. The number of ether oxygens (including phenoxy) is 2. The first-order chi connectivity index (χ1) is 13.5. The van der Waals surface area contributed by atoms with Crippen LogP contribution in [-0.2, 0) is 21.6 Å². The standard InChI is InChI=1S/C19H23N7O2/c1-19(2)18-22-14-16(25-5-8-27-9-6-25)23-15(12-3-4-13(20)21-11-12)24-17(14)26(18)7-10-28-19/h3-4,11H,5-10H2,1-2H3,(H2,20,21). The summed E-state index contributed by atoms with van der Waals surface area (Å²) in [7, 11) is 0. The van der Waals surface area contributed by atoms with Crippen molar-refractivity contribution >= 4 is 22.8 Å². The Labute approximate surface area is 162 Å². The highest BCUT2D eigenvalue weighted by Gasteiger charge is 2.34. The number of hydrogen-bond donors (Lipinski definition) is 1. The molecule has 5 rings (SSSR count). The van der Waals surface area contributed by atoms with Crippen molar-refractivity contribution in [2.75, 3.05) is 43.5 Å². The van der Waals surface area contributed by atoms with Gasteiger partial charge in [0.05, 0.1) is 19.8 Å². The molecule has 0 saturated carbocycles. The van der Waals surface area contributed by atoms with E-state index in [0.717, 1.165) is 41.5 Å². The number of imidazole rings is 1. The molecule has 9 nitrogen and oxygen atoms in total. The van der Waals surface area contributed by atoms with E-state index in [1.807, 2.05) is 19.9 Å². The van der Waals surface area contributed by atoms with Crippen molar-refractivity contribution < 1.29 is 9.47 Å². The minimum absolute atomic E-state index is 0.468. The van der Waals surface area contributed by atoms with Crippen LogP contribution < -0.4 is 10.6 Å². The van der Waals surface area contributed by atoms with Gasteiger partial charge in [-0.3, -0.25) is 0 Å². The van der Waals surface area contributed by atoms with E-state index in [9.17, 15) is 0 Å². The van der Waals surface area contributed by atoms with Gasteiger partial charge >= 0.3 is 0 Å². The molecule has 0 atom stereocenters. The third-order valence-corrected chi connectivity index (χ3v) is 5.25. The molecule has 146 valence electrons. The summed E-state index contributed by atoms with van der Waals surface area (Å²) < 4.78 is 13.6. The molecule has 28 heavy (non-hydrogen) atoms. The number of hydrogen-bond acceptors (Lipinski definition) is 8. The van der Waals surface area contributed by atoms with Gasteiger partial charge in [-0.05, 0) is 26.0 Å².